The van der Waals surface area contributed by atoms with Crippen molar-refractivity contribution < 1.29 is 9.47 Å². The number of hydrogen-bond donors (Lipinski definition) is 1. The van der Waals surface area contributed by atoms with E-state index in [1.165, 1.54) is 0 Å². The van der Waals surface area contributed by atoms with Crippen LogP contribution in [0.1, 0.15) is 49.3 Å². The molecular weight excluding hydrogens is 448 g/mol. The largest absolute Gasteiger partial charge is 0.376 e. The molecule has 1 saturated heterocycles. The van der Waals surface area contributed by atoms with Crippen molar-refractivity contribution in [3.63, 3.8) is 0 Å². The molecule has 0 aliphatic carbocycles. The van der Waals surface area contributed by atoms with Gasteiger partial charge in [0.1, 0.15) is 0 Å². The lowest BCUT2D eigenvalue weighted by atomic mass is 9.89. The number of H-pyrrole nitrogens is 1. The van der Waals surface area contributed by atoms with Crippen LogP contribution in [0, 0.1) is 0 Å². The summed E-state index contributed by atoms with van der Waals surface area (Å²) in [6.07, 6.45) is 2.30. The van der Waals surface area contributed by atoms with Crippen molar-refractivity contribution in [1.29, 1.82) is 0 Å². The summed E-state index contributed by atoms with van der Waals surface area (Å²) < 4.78 is 14.0. The Bertz CT molecular complexity index is 1180. The summed E-state index contributed by atoms with van der Waals surface area (Å²) >= 11 is 1.67. The highest BCUT2D eigenvalue weighted by Gasteiger charge is 2.38. The SMILES string of the molecule is CC(C)(C)c1cn([C@H]2C[C@H](OCc3ccccc3)[C@@H](COCc3ccccc3)S2)c(=O)[nH]c1=O. The standard InChI is InChI=1S/C27H32N2O4S/c1-27(2,3)21-15-29(26(31)28-25(21)30)24-14-22(33-17-20-12-8-5-9-13-20)23(34-24)18-32-16-19-10-6-4-7-11-19/h4-13,15,22-24H,14,16-18H2,1-3H3,(H,28,30,31)/t22-,23+,24+/m0/s1. The van der Waals surface area contributed by atoms with E-state index in [2.05, 4.69) is 4.98 Å². The summed E-state index contributed by atoms with van der Waals surface area (Å²) in [4.78, 5) is 27.6. The minimum atomic E-state index is -0.386. The Labute approximate surface area is 204 Å². The predicted molar refractivity (Wildman–Crippen MR) is 136 cm³/mol. The van der Waals surface area contributed by atoms with Crippen LogP contribution in [0.2, 0.25) is 0 Å². The zero-order valence-electron chi connectivity index (χ0n) is 19.9. The van der Waals surface area contributed by atoms with Gasteiger partial charge < -0.3 is 9.47 Å². The maximum atomic E-state index is 12.7. The Morgan fingerprint density at radius 2 is 1.59 bits per heavy atom. The molecule has 2 aromatic carbocycles. The molecule has 1 fully saturated rings. The molecule has 0 saturated carbocycles. The molecule has 0 amide bonds. The maximum Gasteiger partial charge on any atom is 0.329 e. The molecular formula is C27H32N2O4S. The summed E-state index contributed by atoms with van der Waals surface area (Å²) in [5, 5.41) is -0.0779. The van der Waals surface area contributed by atoms with Crippen molar-refractivity contribution in [1.82, 2.24) is 9.55 Å². The molecule has 34 heavy (non-hydrogen) atoms. The van der Waals surface area contributed by atoms with Crippen molar-refractivity contribution >= 4 is 11.8 Å². The summed E-state index contributed by atoms with van der Waals surface area (Å²) in [5.74, 6) is 0. The molecule has 180 valence electrons. The van der Waals surface area contributed by atoms with Crippen LogP contribution in [-0.2, 0) is 28.1 Å². The number of nitrogens with zero attached hydrogens (tertiary/aromatic N) is 1. The Morgan fingerprint density at radius 1 is 0.971 bits per heavy atom. The quantitative estimate of drug-likeness (QED) is 0.508. The van der Waals surface area contributed by atoms with Gasteiger partial charge >= 0.3 is 5.69 Å². The highest BCUT2D eigenvalue weighted by Crippen LogP contribution is 2.43. The molecule has 1 aromatic heterocycles. The second kappa shape index (κ2) is 10.8. The molecule has 3 aromatic rings. The van der Waals surface area contributed by atoms with Gasteiger partial charge in [-0.15, -0.1) is 11.8 Å². The first kappa shape index (κ1) is 24.5. The van der Waals surface area contributed by atoms with E-state index in [1.54, 1.807) is 22.5 Å². The molecule has 3 atom stereocenters. The van der Waals surface area contributed by atoms with E-state index < -0.39 is 0 Å². The molecule has 0 unspecified atom stereocenters. The number of nitrogens with one attached hydrogen (secondary N) is 1. The van der Waals surface area contributed by atoms with Gasteiger partial charge in [0.15, 0.2) is 0 Å². The van der Waals surface area contributed by atoms with Gasteiger partial charge in [0, 0.05) is 18.2 Å². The van der Waals surface area contributed by atoms with Crippen LogP contribution in [0.4, 0.5) is 0 Å². The number of thioether (sulfide) groups is 1. The molecule has 0 spiro atoms. The van der Waals surface area contributed by atoms with Gasteiger partial charge in [-0.05, 0) is 16.5 Å². The van der Waals surface area contributed by atoms with E-state index in [0.717, 1.165) is 11.1 Å². The van der Waals surface area contributed by atoms with E-state index in [9.17, 15) is 9.59 Å². The molecule has 2 heterocycles. The molecule has 1 aliphatic rings. The number of ether oxygens (including phenoxy) is 2. The Balaban J connectivity index is 1.51. The molecule has 1 N–H and O–H groups in total. The van der Waals surface area contributed by atoms with E-state index in [4.69, 9.17) is 9.47 Å². The monoisotopic (exact) mass is 480 g/mol. The molecule has 7 heteroatoms. The topological polar surface area (TPSA) is 73.3 Å². The number of hydrogen-bond acceptors (Lipinski definition) is 5. The highest BCUT2D eigenvalue weighted by atomic mass is 32.2. The van der Waals surface area contributed by atoms with E-state index in [-0.39, 0.29) is 33.4 Å². The van der Waals surface area contributed by atoms with Gasteiger partial charge in [-0.2, -0.15) is 0 Å². The Morgan fingerprint density at radius 3 is 2.21 bits per heavy atom. The minimum absolute atomic E-state index is 0.0642. The third-order valence-corrected chi connectivity index (χ3v) is 7.49. The lowest BCUT2D eigenvalue weighted by molar-refractivity contribution is 0.0134. The Kier molecular flexibility index (Phi) is 7.76. The number of aromatic amines is 1. The molecule has 0 radical (unpaired) electrons. The van der Waals surface area contributed by atoms with Crippen molar-refractivity contribution in [3.8, 4) is 0 Å². The third-order valence-electron chi connectivity index (χ3n) is 5.97. The molecule has 4 rings (SSSR count). The van der Waals surface area contributed by atoms with Gasteiger partial charge in [0.2, 0.25) is 0 Å². The number of aromatic nitrogens is 2. The first-order valence-corrected chi connectivity index (χ1v) is 12.5. The van der Waals surface area contributed by atoms with Crippen molar-refractivity contribution in [2.75, 3.05) is 6.61 Å². The van der Waals surface area contributed by atoms with Crippen LogP contribution in [-0.4, -0.2) is 27.5 Å². The van der Waals surface area contributed by atoms with Gasteiger partial charge in [-0.3, -0.25) is 14.3 Å². The molecule has 6 nitrogen and oxygen atoms in total. The zero-order chi connectivity index (χ0) is 24.1. The predicted octanol–water partition coefficient (Wildman–Crippen LogP) is 4.64. The van der Waals surface area contributed by atoms with Gasteiger partial charge in [0.05, 0.1) is 36.5 Å². The lowest BCUT2D eigenvalue weighted by Gasteiger charge is -2.21. The van der Waals surface area contributed by atoms with Crippen LogP contribution in [0.3, 0.4) is 0 Å². The first-order valence-electron chi connectivity index (χ1n) is 11.6. The molecule has 1 aliphatic heterocycles. The Hall–Kier alpha value is -2.61. The minimum Gasteiger partial charge on any atom is -0.376 e. The fourth-order valence-electron chi connectivity index (χ4n) is 4.07. The lowest BCUT2D eigenvalue weighted by Crippen LogP contribution is -2.36. The number of rotatable bonds is 8. The number of benzene rings is 2. The van der Waals surface area contributed by atoms with Gasteiger partial charge in [0.25, 0.3) is 5.56 Å². The second-order valence-electron chi connectivity index (χ2n) is 9.66. The average molecular weight is 481 g/mol. The maximum absolute atomic E-state index is 12.7. The summed E-state index contributed by atoms with van der Waals surface area (Å²) in [5.41, 5.74) is 1.75. The van der Waals surface area contributed by atoms with E-state index in [0.29, 0.717) is 31.8 Å². The summed E-state index contributed by atoms with van der Waals surface area (Å²) in [6.45, 7) is 7.46. The van der Waals surface area contributed by atoms with Crippen molar-refractivity contribution in [2.45, 2.75) is 62.5 Å². The van der Waals surface area contributed by atoms with Crippen molar-refractivity contribution in [3.05, 3.63) is 104 Å². The summed E-state index contributed by atoms with van der Waals surface area (Å²) in [6, 6.07) is 20.1. The van der Waals surface area contributed by atoms with Crippen LogP contribution in [0.5, 0.6) is 0 Å². The van der Waals surface area contributed by atoms with Crippen molar-refractivity contribution in [2.24, 2.45) is 0 Å². The molecule has 0 bridgehead atoms. The van der Waals surface area contributed by atoms with Crippen LogP contribution < -0.4 is 11.2 Å². The third kappa shape index (κ3) is 6.09. The fraction of sp³-hybridized carbons (Fsp3) is 0.407. The van der Waals surface area contributed by atoms with Crippen LogP contribution in [0.25, 0.3) is 0 Å². The van der Waals surface area contributed by atoms with E-state index in [1.807, 2.05) is 81.4 Å². The summed E-state index contributed by atoms with van der Waals surface area (Å²) in [7, 11) is 0. The van der Waals surface area contributed by atoms with Gasteiger partial charge in [-0.25, -0.2) is 4.79 Å². The normalized spacial score (nSPS) is 20.5. The average Bonchev–Trinajstić information content (AvgIpc) is 3.21. The van der Waals surface area contributed by atoms with E-state index >= 15 is 0 Å². The second-order valence-corrected chi connectivity index (χ2v) is 11.1. The first-order chi connectivity index (χ1) is 16.3. The van der Waals surface area contributed by atoms with Crippen LogP contribution >= 0.6 is 11.8 Å². The fourth-order valence-corrected chi connectivity index (χ4v) is 5.61. The highest BCUT2D eigenvalue weighted by molar-refractivity contribution is 8.00. The smallest absolute Gasteiger partial charge is 0.329 e. The zero-order valence-corrected chi connectivity index (χ0v) is 20.7. The van der Waals surface area contributed by atoms with Gasteiger partial charge in [-0.1, -0.05) is 81.4 Å². The van der Waals surface area contributed by atoms with Crippen LogP contribution in [0.15, 0.2) is 76.4 Å².